The molecule has 0 radical (unpaired) electrons. The maximum Gasteiger partial charge on any atom is 0.0595 e. The molecule has 1 aliphatic carbocycles. The number of hydrogen-bond donors (Lipinski definition) is 1. The van der Waals surface area contributed by atoms with Gasteiger partial charge in [-0.1, -0.05) is 40.9 Å². The average molecular weight is 256 g/mol. The minimum absolute atomic E-state index is 0.0323. The van der Waals surface area contributed by atoms with Crippen molar-refractivity contribution in [3.8, 4) is 0 Å². The molecule has 0 saturated heterocycles. The third-order valence-corrected chi connectivity index (χ3v) is 3.77. The van der Waals surface area contributed by atoms with Crippen LogP contribution in [0.3, 0.4) is 0 Å². The highest BCUT2D eigenvalue weighted by atomic mass is 35.5. The summed E-state index contributed by atoms with van der Waals surface area (Å²) in [4.78, 5) is 0. The highest BCUT2D eigenvalue weighted by molar-refractivity contribution is 6.42. The lowest BCUT2D eigenvalue weighted by Gasteiger charge is -2.20. The molecular formula is C13H15Cl2N. The molecule has 2 N–H and O–H groups in total. The minimum atomic E-state index is -0.0323. The van der Waals surface area contributed by atoms with Crippen LogP contribution in [0.15, 0.2) is 29.8 Å². The van der Waals surface area contributed by atoms with E-state index in [-0.39, 0.29) is 6.04 Å². The molecule has 16 heavy (non-hydrogen) atoms. The quantitative estimate of drug-likeness (QED) is 0.775. The molecule has 0 amide bonds. The van der Waals surface area contributed by atoms with Crippen LogP contribution in [-0.4, -0.2) is 0 Å². The Kier molecular flexibility index (Phi) is 3.91. The molecule has 1 aliphatic rings. The van der Waals surface area contributed by atoms with Gasteiger partial charge in [0, 0.05) is 0 Å². The second-order valence-electron chi connectivity index (χ2n) is 4.18. The van der Waals surface area contributed by atoms with E-state index in [1.165, 1.54) is 18.4 Å². The van der Waals surface area contributed by atoms with Crippen molar-refractivity contribution >= 4 is 23.2 Å². The largest absolute Gasteiger partial charge is 0.321 e. The van der Waals surface area contributed by atoms with Crippen molar-refractivity contribution < 1.29 is 0 Å². The molecule has 1 aromatic rings. The van der Waals surface area contributed by atoms with Crippen molar-refractivity contribution in [3.63, 3.8) is 0 Å². The highest BCUT2D eigenvalue weighted by Gasteiger charge is 2.14. The van der Waals surface area contributed by atoms with Gasteiger partial charge in [-0.25, -0.2) is 0 Å². The zero-order chi connectivity index (χ0) is 11.5. The summed E-state index contributed by atoms with van der Waals surface area (Å²) in [6, 6.07) is 5.59. The lowest BCUT2D eigenvalue weighted by atomic mass is 9.90. The smallest absolute Gasteiger partial charge is 0.0595 e. The van der Waals surface area contributed by atoms with Gasteiger partial charge in [-0.3, -0.25) is 0 Å². The summed E-state index contributed by atoms with van der Waals surface area (Å²) >= 11 is 11.9. The molecular weight excluding hydrogens is 241 g/mol. The van der Waals surface area contributed by atoms with Gasteiger partial charge in [-0.05, 0) is 43.4 Å². The Labute approximate surface area is 106 Å². The number of allylic oxidation sites excluding steroid dienone is 1. The van der Waals surface area contributed by atoms with Crippen LogP contribution in [0.2, 0.25) is 10.0 Å². The third-order valence-electron chi connectivity index (χ3n) is 3.03. The zero-order valence-corrected chi connectivity index (χ0v) is 10.6. The Bertz CT molecular complexity index is 412. The third kappa shape index (κ3) is 2.60. The maximum absolute atomic E-state index is 6.22. The molecule has 2 rings (SSSR count). The van der Waals surface area contributed by atoms with Crippen LogP contribution in [0.25, 0.3) is 0 Å². The normalized spacial score (nSPS) is 18.1. The van der Waals surface area contributed by atoms with Gasteiger partial charge in [-0.2, -0.15) is 0 Å². The fourth-order valence-electron chi connectivity index (χ4n) is 2.07. The van der Waals surface area contributed by atoms with E-state index in [0.717, 1.165) is 18.4 Å². The topological polar surface area (TPSA) is 26.0 Å². The number of rotatable bonds is 2. The van der Waals surface area contributed by atoms with Crippen LogP contribution < -0.4 is 5.73 Å². The predicted octanol–water partition coefficient (Wildman–Crippen LogP) is 4.49. The highest BCUT2D eigenvalue weighted by Crippen LogP contribution is 2.31. The summed E-state index contributed by atoms with van der Waals surface area (Å²) in [5.41, 5.74) is 8.59. The molecule has 0 heterocycles. The van der Waals surface area contributed by atoms with Crippen molar-refractivity contribution in [2.45, 2.75) is 31.7 Å². The van der Waals surface area contributed by atoms with Gasteiger partial charge in [0.1, 0.15) is 0 Å². The first-order chi connectivity index (χ1) is 7.68. The molecule has 0 bridgehead atoms. The van der Waals surface area contributed by atoms with Crippen LogP contribution in [0.5, 0.6) is 0 Å². The average Bonchev–Trinajstić information content (AvgIpc) is 2.33. The first-order valence-corrected chi connectivity index (χ1v) is 6.33. The molecule has 1 atom stereocenters. The van der Waals surface area contributed by atoms with Crippen molar-refractivity contribution in [1.82, 2.24) is 0 Å². The molecule has 1 nitrogen and oxygen atoms in total. The summed E-state index contributed by atoms with van der Waals surface area (Å²) in [7, 11) is 0. The Hall–Kier alpha value is -0.500. The van der Waals surface area contributed by atoms with E-state index >= 15 is 0 Å². The van der Waals surface area contributed by atoms with E-state index in [4.69, 9.17) is 28.9 Å². The van der Waals surface area contributed by atoms with Gasteiger partial charge in [0.15, 0.2) is 0 Å². The summed E-state index contributed by atoms with van der Waals surface area (Å²) < 4.78 is 0. The minimum Gasteiger partial charge on any atom is -0.321 e. The Morgan fingerprint density at radius 3 is 2.56 bits per heavy atom. The van der Waals surface area contributed by atoms with Gasteiger partial charge >= 0.3 is 0 Å². The van der Waals surface area contributed by atoms with Crippen LogP contribution in [0.1, 0.15) is 37.3 Å². The van der Waals surface area contributed by atoms with Gasteiger partial charge < -0.3 is 5.73 Å². The fraction of sp³-hybridized carbons (Fsp3) is 0.385. The maximum atomic E-state index is 6.22. The van der Waals surface area contributed by atoms with Crippen molar-refractivity contribution in [2.75, 3.05) is 0 Å². The van der Waals surface area contributed by atoms with E-state index in [0.29, 0.717) is 10.0 Å². The lowest BCUT2D eigenvalue weighted by Crippen LogP contribution is -2.14. The van der Waals surface area contributed by atoms with Crippen molar-refractivity contribution in [1.29, 1.82) is 0 Å². The number of halogens is 2. The summed E-state index contributed by atoms with van der Waals surface area (Å²) in [6.45, 7) is 0. The molecule has 3 heteroatoms. The Morgan fingerprint density at radius 1 is 1.12 bits per heavy atom. The van der Waals surface area contributed by atoms with Crippen LogP contribution in [-0.2, 0) is 0 Å². The number of nitrogens with two attached hydrogens (primary N) is 1. The molecule has 86 valence electrons. The van der Waals surface area contributed by atoms with E-state index < -0.39 is 0 Å². The molecule has 1 aromatic carbocycles. The summed E-state index contributed by atoms with van der Waals surface area (Å²) in [6.07, 6.45) is 7.01. The van der Waals surface area contributed by atoms with Crippen molar-refractivity contribution in [3.05, 3.63) is 45.5 Å². The van der Waals surface area contributed by atoms with E-state index in [1.54, 1.807) is 0 Å². The lowest BCUT2D eigenvalue weighted by molar-refractivity contribution is 0.648. The molecule has 0 spiro atoms. The van der Waals surface area contributed by atoms with Crippen LogP contribution in [0, 0.1) is 0 Å². The summed E-state index contributed by atoms with van der Waals surface area (Å²) in [5, 5.41) is 1.15. The van der Waals surface area contributed by atoms with Crippen molar-refractivity contribution in [2.24, 2.45) is 5.73 Å². The molecule has 0 aromatic heterocycles. The van der Waals surface area contributed by atoms with Crippen LogP contribution in [0.4, 0.5) is 0 Å². The monoisotopic (exact) mass is 255 g/mol. The van der Waals surface area contributed by atoms with Gasteiger partial charge in [0.2, 0.25) is 0 Å². The van der Waals surface area contributed by atoms with E-state index in [2.05, 4.69) is 6.08 Å². The molecule has 0 aliphatic heterocycles. The molecule has 0 fully saturated rings. The standard InChI is InChI=1S/C13H15Cl2N/c14-11-7-6-10(8-12(11)15)13(16)9-4-2-1-3-5-9/h4,6-8,13H,1-3,5,16H2. The molecule has 0 saturated carbocycles. The second-order valence-corrected chi connectivity index (χ2v) is 4.99. The van der Waals surface area contributed by atoms with Gasteiger partial charge in [0.25, 0.3) is 0 Å². The number of hydrogen-bond acceptors (Lipinski definition) is 1. The fourth-order valence-corrected chi connectivity index (χ4v) is 2.37. The Balaban J connectivity index is 2.22. The van der Waals surface area contributed by atoms with E-state index in [1.807, 2.05) is 18.2 Å². The second kappa shape index (κ2) is 5.22. The zero-order valence-electron chi connectivity index (χ0n) is 9.05. The van der Waals surface area contributed by atoms with Gasteiger partial charge in [0.05, 0.1) is 16.1 Å². The SMILES string of the molecule is NC(C1=CCCCC1)c1ccc(Cl)c(Cl)c1. The van der Waals surface area contributed by atoms with Crippen LogP contribution >= 0.6 is 23.2 Å². The Morgan fingerprint density at radius 2 is 1.94 bits per heavy atom. The number of benzene rings is 1. The van der Waals surface area contributed by atoms with Gasteiger partial charge in [-0.15, -0.1) is 0 Å². The summed E-state index contributed by atoms with van der Waals surface area (Å²) in [5.74, 6) is 0. The predicted molar refractivity (Wildman–Crippen MR) is 69.9 cm³/mol. The first-order valence-electron chi connectivity index (χ1n) is 5.58. The first kappa shape index (κ1) is 12.0. The molecule has 1 unspecified atom stereocenters. The van der Waals surface area contributed by atoms with E-state index in [9.17, 15) is 0 Å².